The molecule has 0 saturated carbocycles. The fourth-order valence-corrected chi connectivity index (χ4v) is 2.56. The Morgan fingerprint density at radius 3 is 2.83 bits per heavy atom. The minimum atomic E-state index is -0.521. The summed E-state index contributed by atoms with van der Waals surface area (Å²) >= 11 is 0. The molecule has 2 aromatic rings. The van der Waals surface area contributed by atoms with Crippen molar-refractivity contribution in [1.29, 1.82) is 0 Å². The van der Waals surface area contributed by atoms with Crippen LogP contribution in [-0.4, -0.2) is 46.3 Å². The van der Waals surface area contributed by atoms with Gasteiger partial charge in [-0.3, -0.25) is 4.79 Å². The van der Waals surface area contributed by atoms with Crippen LogP contribution in [0, 0.1) is 0 Å². The van der Waals surface area contributed by atoms with Crippen LogP contribution in [0.5, 0.6) is 11.6 Å². The third-order valence-corrected chi connectivity index (χ3v) is 3.70. The first-order chi connectivity index (χ1) is 11.2. The molecule has 0 radical (unpaired) electrons. The summed E-state index contributed by atoms with van der Waals surface area (Å²) in [4.78, 5) is 14.2. The second-order valence-corrected chi connectivity index (χ2v) is 5.45. The minimum absolute atomic E-state index is 0.0286. The van der Waals surface area contributed by atoms with E-state index in [9.17, 15) is 4.79 Å². The van der Waals surface area contributed by atoms with Gasteiger partial charge in [-0.05, 0) is 25.1 Å². The van der Waals surface area contributed by atoms with Gasteiger partial charge in [0.05, 0.1) is 6.54 Å². The van der Waals surface area contributed by atoms with Crippen LogP contribution < -0.4 is 9.47 Å². The van der Waals surface area contributed by atoms with Gasteiger partial charge >= 0.3 is 0 Å². The van der Waals surface area contributed by atoms with Crippen molar-refractivity contribution >= 4 is 5.91 Å². The van der Waals surface area contributed by atoms with Crippen LogP contribution in [0.2, 0.25) is 0 Å². The lowest BCUT2D eigenvalue weighted by molar-refractivity contribution is -0.137. The predicted molar refractivity (Wildman–Crippen MR) is 84.2 cm³/mol. The molecule has 0 aliphatic carbocycles. The van der Waals surface area contributed by atoms with E-state index in [0.29, 0.717) is 24.7 Å². The first-order valence-electron chi connectivity index (χ1n) is 7.67. The summed E-state index contributed by atoms with van der Waals surface area (Å²) in [6, 6.07) is 12.9. The fourth-order valence-electron chi connectivity index (χ4n) is 2.56. The smallest absolute Gasteiger partial charge is 0.263 e. The number of ether oxygens (including phenoxy) is 2. The summed E-state index contributed by atoms with van der Waals surface area (Å²) in [6.45, 7) is 2.97. The number of aromatic nitrogens is 2. The summed E-state index contributed by atoms with van der Waals surface area (Å²) in [5, 5.41) is 7.68. The second-order valence-electron chi connectivity index (χ2n) is 5.45. The zero-order valence-electron chi connectivity index (χ0n) is 13.0. The van der Waals surface area contributed by atoms with E-state index in [2.05, 4.69) is 10.2 Å². The monoisotopic (exact) mass is 313 g/mol. The molecule has 1 aromatic heterocycles. The normalized spacial score (nSPS) is 18.5. The lowest BCUT2D eigenvalue weighted by atomic mass is 10.3. The molecule has 6 heteroatoms. The van der Waals surface area contributed by atoms with Gasteiger partial charge in [0, 0.05) is 25.2 Å². The van der Waals surface area contributed by atoms with Crippen LogP contribution >= 0.6 is 0 Å². The lowest BCUT2D eigenvalue weighted by Gasteiger charge is -2.21. The maximum Gasteiger partial charge on any atom is 0.263 e. The molecule has 0 N–H and O–H groups in total. The van der Waals surface area contributed by atoms with Crippen LogP contribution in [0.15, 0.2) is 48.7 Å². The number of para-hydroxylation sites is 1. The quantitative estimate of drug-likeness (QED) is 0.844. The molecule has 0 bridgehead atoms. The van der Waals surface area contributed by atoms with E-state index in [1.807, 2.05) is 30.3 Å². The number of rotatable bonds is 5. The highest BCUT2D eigenvalue weighted by Gasteiger charge is 2.31. The second kappa shape index (κ2) is 7.09. The van der Waals surface area contributed by atoms with E-state index in [1.54, 1.807) is 30.2 Å². The predicted octanol–water partition coefficient (Wildman–Crippen LogP) is 1.92. The van der Waals surface area contributed by atoms with Crippen LogP contribution in [-0.2, 0) is 4.79 Å². The molecule has 0 spiro atoms. The van der Waals surface area contributed by atoms with Crippen molar-refractivity contribution in [2.24, 2.45) is 0 Å². The van der Waals surface area contributed by atoms with Gasteiger partial charge in [0.1, 0.15) is 11.9 Å². The Kier molecular flexibility index (Phi) is 4.71. The third-order valence-electron chi connectivity index (χ3n) is 3.70. The summed E-state index contributed by atoms with van der Waals surface area (Å²) in [7, 11) is 0. The van der Waals surface area contributed by atoms with Crippen molar-refractivity contribution in [3.63, 3.8) is 0 Å². The lowest BCUT2D eigenvalue weighted by Crippen LogP contribution is -2.40. The van der Waals surface area contributed by atoms with E-state index in [4.69, 9.17) is 9.47 Å². The zero-order valence-corrected chi connectivity index (χ0v) is 13.0. The zero-order chi connectivity index (χ0) is 16.1. The number of benzene rings is 1. The molecule has 2 atom stereocenters. The number of amides is 1. The van der Waals surface area contributed by atoms with E-state index in [0.717, 1.165) is 6.42 Å². The van der Waals surface area contributed by atoms with Crippen molar-refractivity contribution < 1.29 is 14.3 Å². The standard InChI is InChI=1S/C17H19N3O3/c1-13(22-14-6-3-2-4-7-14)17(21)20-11-9-15(12-20)23-16-8-5-10-18-19-16/h2-8,10,13,15H,9,11-12H2,1H3. The summed E-state index contributed by atoms with van der Waals surface area (Å²) in [5.74, 6) is 1.15. The molecule has 1 aliphatic rings. The maximum atomic E-state index is 12.5. The van der Waals surface area contributed by atoms with Gasteiger partial charge in [-0.15, -0.1) is 5.10 Å². The van der Waals surface area contributed by atoms with Crippen LogP contribution in [0.25, 0.3) is 0 Å². The molecular formula is C17H19N3O3. The van der Waals surface area contributed by atoms with Crippen molar-refractivity contribution in [3.8, 4) is 11.6 Å². The highest BCUT2D eigenvalue weighted by Crippen LogP contribution is 2.18. The Morgan fingerprint density at radius 1 is 1.26 bits per heavy atom. The van der Waals surface area contributed by atoms with Gasteiger partial charge in [0.15, 0.2) is 6.10 Å². The molecule has 1 fully saturated rings. The summed E-state index contributed by atoms with van der Waals surface area (Å²) in [6.07, 6.45) is 1.80. The van der Waals surface area contributed by atoms with Gasteiger partial charge in [-0.2, -0.15) is 5.10 Å². The van der Waals surface area contributed by atoms with E-state index >= 15 is 0 Å². The molecule has 1 amide bonds. The average molecular weight is 313 g/mol. The Hall–Kier alpha value is -2.63. The van der Waals surface area contributed by atoms with E-state index in [1.165, 1.54) is 0 Å². The molecular weight excluding hydrogens is 294 g/mol. The number of hydrogen-bond donors (Lipinski definition) is 0. The fraction of sp³-hybridized carbons (Fsp3) is 0.353. The Morgan fingerprint density at radius 2 is 2.09 bits per heavy atom. The van der Waals surface area contributed by atoms with Crippen molar-refractivity contribution in [3.05, 3.63) is 48.7 Å². The van der Waals surface area contributed by atoms with Crippen LogP contribution in [0.3, 0.4) is 0 Å². The molecule has 120 valence electrons. The topological polar surface area (TPSA) is 64.5 Å². The van der Waals surface area contributed by atoms with E-state index < -0.39 is 6.10 Å². The van der Waals surface area contributed by atoms with Gasteiger partial charge < -0.3 is 14.4 Å². The number of hydrogen-bond acceptors (Lipinski definition) is 5. The highest BCUT2D eigenvalue weighted by molar-refractivity contribution is 5.81. The van der Waals surface area contributed by atoms with Gasteiger partial charge in [-0.25, -0.2) is 0 Å². The van der Waals surface area contributed by atoms with Crippen molar-refractivity contribution in [2.45, 2.75) is 25.6 Å². The Bertz CT molecular complexity index is 636. The largest absolute Gasteiger partial charge is 0.481 e. The minimum Gasteiger partial charge on any atom is -0.481 e. The van der Waals surface area contributed by atoms with E-state index in [-0.39, 0.29) is 12.0 Å². The number of carbonyl (C=O) groups excluding carboxylic acids is 1. The van der Waals surface area contributed by atoms with Gasteiger partial charge in [0.2, 0.25) is 5.88 Å². The molecule has 3 rings (SSSR count). The van der Waals surface area contributed by atoms with Crippen LogP contribution in [0.4, 0.5) is 0 Å². The number of carbonyl (C=O) groups is 1. The molecule has 1 aliphatic heterocycles. The van der Waals surface area contributed by atoms with Gasteiger partial charge in [-0.1, -0.05) is 18.2 Å². The SMILES string of the molecule is CC(Oc1ccccc1)C(=O)N1CCC(Oc2cccnn2)C1. The third kappa shape index (κ3) is 3.97. The summed E-state index contributed by atoms with van der Waals surface area (Å²) in [5.41, 5.74) is 0. The molecule has 1 saturated heterocycles. The average Bonchev–Trinajstić information content (AvgIpc) is 3.04. The molecule has 23 heavy (non-hydrogen) atoms. The molecule has 1 aromatic carbocycles. The Balaban J connectivity index is 1.52. The maximum absolute atomic E-state index is 12.5. The first-order valence-corrected chi connectivity index (χ1v) is 7.67. The Labute approximate surface area is 135 Å². The first kappa shape index (κ1) is 15.3. The molecule has 2 heterocycles. The van der Waals surface area contributed by atoms with Crippen molar-refractivity contribution in [2.75, 3.05) is 13.1 Å². The highest BCUT2D eigenvalue weighted by atomic mass is 16.5. The number of nitrogens with zero attached hydrogens (tertiary/aromatic N) is 3. The van der Waals surface area contributed by atoms with Crippen molar-refractivity contribution in [1.82, 2.24) is 15.1 Å². The van der Waals surface area contributed by atoms with Gasteiger partial charge in [0.25, 0.3) is 5.91 Å². The molecule has 2 unspecified atom stereocenters. The molecule has 6 nitrogen and oxygen atoms in total. The summed E-state index contributed by atoms with van der Waals surface area (Å²) < 4.78 is 11.4. The van der Waals surface area contributed by atoms with Crippen LogP contribution in [0.1, 0.15) is 13.3 Å². The number of likely N-dealkylation sites (tertiary alicyclic amines) is 1.